The number of rotatable bonds is 4. The molecule has 6 nitrogen and oxygen atoms in total. The highest BCUT2D eigenvalue weighted by Crippen LogP contribution is 2.23. The van der Waals surface area contributed by atoms with E-state index in [4.69, 9.17) is 16.3 Å². The highest BCUT2D eigenvalue weighted by atomic mass is 35.5. The number of nitrogens with zero attached hydrogens (tertiary/aromatic N) is 2. The van der Waals surface area contributed by atoms with Gasteiger partial charge in [-0.05, 0) is 39.0 Å². The van der Waals surface area contributed by atoms with Crippen LogP contribution in [0.1, 0.15) is 20.8 Å². The number of nitrogens with one attached hydrogen (secondary N) is 1. The maximum Gasteiger partial charge on any atom is 0.193 e. The lowest BCUT2D eigenvalue weighted by atomic mass is 10.2. The monoisotopic (exact) mass is 387 g/mol. The van der Waals surface area contributed by atoms with Crippen LogP contribution in [0.5, 0.6) is 5.75 Å². The van der Waals surface area contributed by atoms with Crippen molar-refractivity contribution in [1.82, 2.24) is 10.2 Å². The van der Waals surface area contributed by atoms with E-state index in [1.807, 2.05) is 24.0 Å². The van der Waals surface area contributed by atoms with Crippen LogP contribution in [0, 0.1) is 0 Å². The third-order valence-electron chi connectivity index (χ3n) is 4.24. The van der Waals surface area contributed by atoms with Gasteiger partial charge in [0.05, 0.1) is 17.0 Å². The Hall–Kier alpha value is -1.47. The zero-order chi connectivity index (χ0) is 18.7. The van der Waals surface area contributed by atoms with Gasteiger partial charge in [0, 0.05) is 25.2 Å². The molecule has 1 unspecified atom stereocenters. The lowest BCUT2D eigenvalue weighted by Crippen LogP contribution is -2.57. The summed E-state index contributed by atoms with van der Waals surface area (Å²) in [5.41, 5.74) is 0. The summed E-state index contributed by atoms with van der Waals surface area (Å²) in [7, 11) is -1.38. The van der Waals surface area contributed by atoms with Crippen LogP contribution in [-0.4, -0.2) is 62.6 Å². The second-order valence-corrected chi connectivity index (χ2v) is 9.99. The molecular weight excluding hydrogens is 362 g/mol. The van der Waals surface area contributed by atoms with Crippen molar-refractivity contribution in [3.05, 3.63) is 29.3 Å². The van der Waals surface area contributed by atoms with Crippen LogP contribution in [0.4, 0.5) is 0 Å². The Morgan fingerprint density at radius 3 is 2.80 bits per heavy atom. The van der Waals surface area contributed by atoms with E-state index in [1.165, 1.54) is 0 Å². The quantitative estimate of drug-likeness (QED) is 0.633. The molecule has 0 aromatic heterocycles. The van der Waals surface area contributed by atoms with Crippen molar-refractivity contribution in [2.45, 2.75) is 31.6 Å². The zero-order valence-corrected chi connectivity index (χ0v) is 16.7. The molecule has 1 aliphatic rings. The standard InChI is InChI=1S/C17H26ClN3O3S/c1-13(24-15-7-5-6-14(18)10-15)11-20-16(19-4)21-8-9-25(22,23)17(2,3)12-21/h5-7,10,13H,8-9,11-12H2,1-4H3,(H,19,20). The average Bonchev–Trinajstić information content (AvgIpc) is 2.51. The number of halogens is 1. The number of aliphatic imine (C=N–C) groups is 1. The summed E-state index contributed by atoms with van der Waals surface area (Å²) in [5.74, 6) is 1.53. The Labute approximate surface area is 155 Å². The van der Waals surface area contributed by atoms with Crippen molar-refractivity contribution in [3.8, 4) is 5.75 Å². The minimum absolute atomic E-state index is 0.100. The van der Waals surface area contributed by atoms with E-state index in [0.717, 1.165) is 0 Å². The third kappa shape index (κ3) is 5.01. The zero-order valence-electron chi connectivity index (χ0n) is 15.1. The van der Waals surface area contributed by atoms with Crippen molar-refractivity contribution in [2.24, 2.45) is 4.99 Å². The molecule has 2 rings (SSSR count). The maximum atomic E-state index is 12.1. The fourth-order valence-corrected chi connectivity index (χ4v) is 4.25. The number of guanidine groups is 1. The molecule has 0 radical (unpaired) electrons. The molecule has 1 fully saturated rings. The van der Waals surface area contributed by atoms with Crippen molar-refractivity contribution in [1.29, 1.82) is 0 Å². The van der Waals surface area contributed by atoms with Gasteiger partial charge < -0.3 is 15.0 Å². The predicted molar refractivity (Wildman–Crippen MR) is 102 cm³/mol. The Bertz CT molecular complexity index is 734. The lowest BCUT2D eigenvalue weighted by molar-refractivity contribution is 0.221. The van der Waals surface area contributed by atoms with Crippen LogP contribution < -0.4 is 10.1 Å². The van der Waals surface area contributed by atoms with Crippen LogP contribution in [0.3, 0.4) is 0 Å². The number of hydrogen-bond acceptors (Lipinski definition) is 4. The van der Waals surface area contributed by atoms with Gasteiger partial charge in [0.1, 0.15) is 11.9 Å². The molecule has 8 heteroatoms. The first kappa shape index (κ1) is 19.8. The summed E-state index contributed by atoms with van der Waals surface area (Å²) in [6.07, 6.45) is -0.100. The van der Waals surface area contributed by atoms with Crippen LogP contribution in [0.15, 0.2) is 29.3 Å². The summed E-state index contributed by atoms with van der Waals surface area (Å²) in [6.45, 7) is 6.86. The second kappa shape index (κ2) is 7.83. The minimum Gasteiger partial charge on any atom is -0.489 e. The van der Waals surface area contributed by atoms with Crippen LogP contribution in [0.2, 0.25) is 5.02 Å². The van der Waals surface area contributed by atoms with E-state index in [0.29, 0.717) is 36.4 Å². The molecule has 1 N–H and O–H groups in total. The summed E-state index contributed by atoms with van der Waals surface area (Å²) < 4.78 is 29.3. The van der Waals surface area contributed by atoms with Gasteiger partial charge in [-0.3, -0.25) is 4.99 Å². The summed E-state index contributed by atoms with van der Waals surface area (Å²) >= 11 is 5.96. The Balaban J connectivity index is 1.92. The lowest BCUT2D eigenvalue weighted by Gasteiger charge is -2.39. The number of hydrogen-bond donors (Lipinski definition) is 1. The smallest absolute Gasteiger partial charge is 0.193 e. The van der Waals surface area contributed by atoms with Crippen LogP contribution in [-0.2, 0) is 9.84 Å². The molecule has 140 valence electrons. The second-order valence-electron chi connectivity index (χ2n) is 6.81. The fourth-order valence-electron chi connectivity index (χ4n) is 2.71. The molecule has 1 aliphatic heterocycles. The van der Waals surface area contributed by atoms with Crippen molar-refractivity contribution in [3.63, 3.8) is 0 Å². The van der Waals surface area contributed by atoms with Gasteiger partial charge in [0.15, 0.2) is 15.8 Å². The van der Waals surface area contributed by atoms with Gasteiger partial charge in [-0.1, -0.05) is 17.7 Å². The van der Waals surface area contributed by atoms with Crippen LogP contribution in [0.25, 0.3) is 0 Å². The molecule has 0 saturated carbocycles. The number of benzene rings is 1. The first-order valence-electron chi connectivity index (χ1n) is 8.25. The highest BCUT2D eigenvalue weighted by molar-refractivity contribution is 7.92. The van der Waals surface area contributed by atoms with Gasteiger partial charge in [-0.2, -0.15) is 0 Å². The van der Waals surface area contributed by atoms with Gasteiger partial charge >= 0.3 is 0 Å². The average molecular weight is 388 g/mol. The maximum absolute atomic E-state index is 12.1. The van der Waals surface area contributed by atoms with Crippen molar-refractivity contribution in [2.75, 3.05) is 32.4 Å². The van der Waals surface area contributed by atoms with Gasteiger partial charge in [0.2, 0.25) is 0 Å². The SMILES string of the molecule is CN=C(NCC(C)Oc1cccc(Cl)c1)N1CCS(=O)(=O)C(C)(C)C1. The molecule has 0 amide bonds. The summed E-state index contributed by atoms with van der Waals surface area (Å²) in [4.78, 5) is 6.26. The Morgan fingerprint density at radius 2 is 2.20 bits per heavy atom. The molecule has 0 aliphatic carbocycles. The number of ether oxygens (including phenoxy) is 1. The molecule has 1 aromatic rings. The highest BCUT2D eigenvalue weighted by Gasteiger charge is 2.40. The van der Waals surface area contributed by atoms with Crippen molar-refractivity contribution < 1.29 is 13.2 Å². The fraction of sp³-hybridized carbons (Fsp3) is 0.588. The van der Waals surface area contributed by atoms with Gasteiger partial charge in [-0.15, -0.1) is 0 Å². The van der Waals surface area contributed by atoms with Gasteiger partial charge in [0.25, 0.3) is 0 Å². The van der Waals surface area contributed by atoms with E-state index in [2.05, 4.69) is 10.3 Å². The molecule has 1 saturated heterocycles. The molecule has 1 atom stereocenters. The molecule has 25 heavy (non-hydrogen) atoms. The molecular formula is C17H26ClN3O3S. The third-order valence-corrected chi connectivity index (χ3v) is 7.00. The largest absolute Gasteiger partial charge is 0.489 e. The first-order valence-corrected chi connectivity index (χ1v) is 10.3. The van der Waals surface area contributed by atoms with Crippen LogP contribution >= 0.6 is 11.6 Å². The summed E-state index contributed by atoms with van der Waals surface area (Å²) in [5, 5.41) is 3.89. The predicted octanol–water partition coefficient (Wildman–Crippen LogP) is 2.19. The molecule has 1 heterocycles. The normalized spacial score (nSPS) is 20.8. The number of sulfone groups is 1. The first-order chi connectivity index (χ1) is 11.6. The Kier molecular flexibility index (Phi) is 6.21. The van der Waals surface area contributed by atoms with E-state index in [-0.39, 0.29) is 11.9 Å². The molecule has 1 aromatic carbocycles. The topological polar surface area (TPSA) is 71.0 Å². The van der Waals surface area contributed by atoms with E-state index < -0.39 is 14.6 Å². The van der Waals surface area contributed by atoms with Crippen molar-refractivity contribution >= 4 is 27.4 Å². The Morgan fingerprint density at radius 1 is 1.48 bits per heavy atom. The molecule has 0 spiro atoms. The molecule has 0 bridgehead atoms. The summed E-state index contributed by atoms with van der Waals surface area (Å²) in [6, 6.07) is 7.26. The van der Waals surface area contributed by atoms with Gasteiger partial charge in [-0.25, -0.2) is 8.42 Å². The van der Waals surface area contributed by atoms with E-state index in [1.54, 1.807) is 33.0 Å². The minimum atomic E-state index is -3.07. The van der Waals surface area contributed by atoms with E-state index in [9.17, 15) is 8.42 Å². The van der Waals surface area contributed by atoms with E-state index >= 15 is 0 Å².